The maximum absolute atomic E-state index is 4.46. The standard InChI is InChI=1S/C11H13N2S.BrH/c1-14-11-7-8-13(12-11)9-10-5-3-2-4-6-10;/h2-6,9H,7-8H2,1H3;1H/q+1;/p-1/b13-9+;. The summed E-state index contributed by atoms with van der Waals surface area (Å²) in [6.45, 7) is 1.01. The average Bonchev–Trinajstić information content (AvgIpc) is 2.67. The first-order valence-electron chi connectivity index (χ1n) is 4.66. The molecule has 0 saturated carbocycles. The van der Waals surface area contributed by atoms with Crippen molar-refractivity contribution in [1.82, 2.24) is 0 Å². The van der Waals surface area contributed by atoms with Crippen LogP contribution in [0.5, 0.6) is 0 Å². The van der Waals surface area contributed by atoms with Gasteiger partial charge in [0.2, 0.25) is 6.21 Å². The average molecular weight is 285 g/mol. The Hall–Kier alpha value is -0.610. The van der Waals surface area contributed by atoms with Gasteiger partial charge in [0, 0.05) is 10.7 Å². The van der Waals surface area contributed by atoms with Crippen molar-refractivity contribution in [2.75, 3.05) is 12.8 Å². The SMILES string of the molecule is CSC1=N/[N+](=C/c2ccccc2)CC1.[Br-]. The molecule has 0 saturated heterocycles. The molecule has 0 aromatic heterocycles. The topological polar surface area (TPSA) is 15.4 Å². The van der Waals surface area contributed by atoms with Gasteiger partial charge in [0.1, 0.15) is 5.04 Å². The molecule has 0 atom stereocenters. The Morgan fingerprint density at radius 3 is 2.67 bits per heavy atom. The van der Waals surface area contributed by atoms with E-state index in [4.69, 9.17) is 0 Å². The highest BCUT2D eigenvalue weighted by Crippen LogP contribution is 2.10. The number of hydrogen-bond donors (Lipinski definition) is 0. The zero-order chi connectivity index (χ0) is 9.80. The van der Waals surface area contributed by atoms with E-state index in [9.17, 15) is 0 Å². The normalized spacial score (nSPS) is 17.4. The molecule has 0 radical (unpaired) electrons. The van der Waals surface area contributed by atoms with E-state index in [0.29, 0.717) is 0 Å². The van der Waals surface area contributed by atoms with Crippen molar-refractivity contribution in [3.05, 3.63) is 35.9 Å². The summed E-state index contributed by atoms with van der Waals surface area (Å²) in [6, 6.07) is 10.3. The zero-order valence-electron chi connectivity index (χ0n) is 8.56. The van der Waals surface area contributed by atoms with Gasteiger partial charge in [-0.05, 0) is 18.4 Å². The third-order valence-corrected chi connectivity index (χ3v) is 2.89. The van der Waals surface area contributed by atoms with Crippen molar-refractivity contribution in [2.45, 2.75) is 6.42 Å². The number of hydrogen-bond acceptors (Lipinski definition) is 2. The minimum absolute atomic E-state index is 0. The Kier molecular flexibility index (Phi) is 5.05. The molecule has 80 valence electrons. The van der Waals surface area contributed by atoms with Gasteiger partial charge in [0.25, 0.3) is 0 Å². The number of nitrogens with zero attached hydrogens (tertiary/aromatic N) is 2. The summed E-state index contributed by atoms with van der Waals surface area (Å²) < 4.78 is 2.02. The van der Waals surface area contributed by atoms with E-state index in [0.717, 1.165) is 13.0 Å². The van der Waals surface area contributed by atoms with E-state index in [-0.39, 0.29) is 17.0 Å². The van der Waals surface area contributed by atoms with Crippen LogP contribution in [0.3, 0.4) is 0 Å². The van der Waals surface area contributed by atoms with E-state index in [1.54, 1.807) is 11.8 Å². The number of halogens is 1. The summed E-state index contributed by atoms with van der Waals surface area (Å²) in [4.78, 5) is 0. The molecule has 2 rings (SSSR count). The number of rotatable bonds is 1. The molecule has 1 aromatic rings. The predicted molar refractivity (Wildman–Crippen MR) is 62.3 cm³/mol. The highest BCUT2D eigenvalue weighted by atomic mass is 79.9. The van der Waals surface area contributed by atoms with Gasteiger partial charge in [0.15, 0.2) is 6.54 Å². The van der Waals surface area contributed by atoms with Crippen LogP contribution in [0.4, 0.5) is 0 Å². The molecule has 1 aliphatic heterocycles. The fourth-order valence-corrected chi connectivity index (χ4v) is 1.88. The first-order valence-corrected chi connectivity index (χ1v) is 5.89. The van der Waals surface area contributed by atoms with Crippen molar-refractivity contribution < 1.29 is 21.7 Å². The number of thioether (sulfide) groups is 1. The monoisotopic (exact) mass is 284 g/mol. The Bertz CT molecular complexity index is 373. The Morgan fingerprint density at radius 1 is 1.33 bits per heavy atom. The van der Waals surface area contributed by atoms with Crippen LogP contribution >= 0.6 is 11.8 Å². The maximum atomic E-state index is 4.46. The van der Waals surface area contributed by atoms with Gasteiger partial charge in [0.05, 0.1) is 6.42 Å². The molecule has 1 aliphatic rings. The van der Waals surface area contributed by atoms with Crippen LogP contribution in [0.1, 0.15) is 12.0 Å². The maximum Gasteiger partial charge on any atom is 0.203 e. The van der Waals surface area contributed by atoms with E-state index < -0.39 is 0 Å². The van der Waals surface area contributed by atoms with Crippen LogP contribution in [0.25, 0.3) is 0 Å². The van der Waals surface area contributed by atoms with Crippen molar-refractivity contribution in [2.24, 2.45) is 5.10 Å². The van der Waals surface area contributed by atoms with Gasteiger partial charge >= 0.3 is 0 Å². The molecule has 0 amide bonds. The van der Waals surface area contributed by atoms with Gasteiger partial charge in [-0.2, -0.15) is 0 Å². The Labute approximate surface area is 105 Å². The second-order valence-electron chi connectivity index (χ2n) is 3.15. The van der Waals surface area contributed by atoms with Crippen molar-refractivity contribution >= 4 is 23.0 Å². The van der Waals surface area contributed by atoms with Gasteiger partial charge in [-0.25, -0.2) is 0 Å². The van der Waals surface area contributed by atoms with Crippen LogP contribution in [0.2, 0.25) is 0 Å². The smallest absolute Gasteiger partial charge is 0.203 e. The lowest BCUT2D eigenvalue weighted by atomic mass is 10.2. The largest absolute Gasteiger partial charge is 1.00 e. The lowest BCUT2D eigenvalue weighted by molar-refractivity contribution is -0.517. The Balaban J connectivity index is 0.00000112. The second-order valence-corrected chi connectivity index (χ2v) is 4.03. The highest BCUT2D eigenvalue weighted by Gasteiger charge is 2.16. The summed E-state index contributed by atoms with van der Waals surface area (Å²) in [5.74, 6) is 0. The van der Waals surface area contributed by atoms with Crippen LogP contribution in [-0.2, 0) is 0 Å². The van der Waals surface area contributed by atoms with E-state index in [1.165, 1.54) is 10.6 Å². The molecule has 4 heteroatoms. The lowest BCUT2D eigenvalue weighted by Crippen LogP contribution is -3.00. The fourth-order valence-electron chi connectivity index (χ4n) is 1.40. The summed E-state index contributed by atoms with van der Waals surface area (Å²) in [7, 11) is 0. The van der Waals surface area contributed by atoms with Gasteiger partial charge in [-0.15, -0.1) is 11.8 Å². The van der Waals surface area contributed by atoms with Crippen LogP contribution in [0.15, 0.2) is 35.4 Å². The molecule has 0 fully saturated rings. The van der Waals surface area contributed by atoms with Crippen LogP contribution in [-0.4, -0.2) is 28.7 Å². The van der Waals surface area contributed by atoms with Gasteiger partial charge in [-0.1, -0.05) is 22.9 Å². The molecule has 1 heterocycles. The predicted octanol–water partition coefficient (Wildman–Crippen LogP) is -0.798. The van der Waals surface area contributed by atoms with Crippen molar-refractivity contribution in [3.63, 3.8) is 0 Å². The molecule has 0 N–H and O–H groups in total. The van der Waals surface area contributed by atoms with Gasteiger partial charge < -0.3 is 17.0 Å². The third kappa shape index (κ3) is 3.47. The van der Waals surface area contributed by atoms with Gasteiger partial charge in [-0.3, -0.25) is 0 Å². The minimum atomic E-state index is 0. The minimum Gasteiger partial charge on any atom is -1.00 e. The van der Waals surface area contributed by atoms with Crippen molar-refractivity contribution in [3.8, 4) is 0 Å². The summed E-state index contributed by atoms with van der Waals surface area (Å²) in [5.41, 5.74) is 1.21. The summed E-state index contributed by atoms with van der Waals surface area (Å²) in [6.07, 6.45) is 5.23. The van der Waals surface area contributed by atoms with Crippen LogP contribution < -0.4 is 17.0 Å². The quantitative estimate of drug-likeness (QED) is 0.617. The summed E-state index contributed by atoms with van der Waals surface area (Å²) in [5, 5.41) is 5.68. The van der Waals surface area contributed by atoms with E-state index >= 15 is 0 Å². The third-order valence-electron chi connectivity index (χ3n) is 2.13. The van der Waals surface area contributed by atoms with E-state index in [1.807, 2.05) is 22.9 Å². The van der Waals surface area contributed by atoms with E-state index in [2.05, 4.69) is 29.7 Å². The molecule has 0 bridgehead atoms. The molecule has 15 heavy (non-hydrogen) atoms. The molecule has 0 unspecified atom stereocenters. The molecular formula is C11H13BrN2S. The second kappa shape index (κ2) is 6.08. The number of benzene rings is 1. The highest BCUT2D eigenvalue weighted by molar-refractivity contribution is 8.13. The zero-order valence-corrected chi connectivity index (χ0v) is 11.0. The number of hydrazone groups is 1. The fraction of sp³-hybridized carbons (Fsp3) is 0.273. The molecule has 2 nitrogen and oxygen atoms in total. The van der Waals surface area contributed by atoms with Crippen LogP contribution in [0, 0.1) is 0 Å². The molecular weight excluding hydrogens is 272 g/mol. The van der Waals surface area contributed by atoms with Crippen molar-refractivity contribution in [1.29, 1.82) is 0 Å². The summed E-state index contributed by atoms with van der Waals surface area (Å²) >= 11 is 1.74. The molecule has 1 aromatic carbocycles. The molecule has 0 aliphatic carbocycles. The molecule has 0 spiro atoms. The Morgan fingerprint density at radius 2 is 2.07 bits per heavy atom. The first kappa shape index (κ1) is 12.5. The first-order chi connectivity index (χ1) is 6.88. The lowest BCUT2D eigenvalue weighted by Gasteiger charge is -1.87.